The number of nitrogens with one attached hydrogen (secondary N) is 1. The molecule has 0 fully saturated rings. The predicted molar refractivity (Wildman–Crippen MR) is 136 cm³/mol. The number of amides is 1. The molecule has 2 heterocycles. The first-order valence-corrected chi connectivity index (χ1v) is 12.0. The van der Waals surface area contributed by atoms with Crippen LogP contribution in [0, 0.1) is 0 Å². The number of fused-ring (bicyclic) bond motifs is 1. The fourth-order valence-electron chi connectivity index (χ4n) is 3.85. The number of aromatic nitrogens is 1. The second-order valence-corrected chi connectivity index (χ2v) is 10.0. The van der Waals surface area contributed by atoms with Crippen molar-refractivity contribution in [3.05, 3.63) is 88.3 Å². The molecule has 0 saturated carbocycles. The van der Waals surface area contributed by atoms with Crippen LogP contribution < -0.4 is 10.1 Å². The van der Waals surface area contributed by atoms with Crippen molar-refractivity contribution in [3.63, 3.8) is 0 Å². The maximum atomic E-state index is 12.8. The SMILES string of the molecule is CC1(C)CC(=O)c2cc(C(=O)Nc3ccc(-c4csc(-c5ccc(Cl)cc5)n4)cc3)ccc2O1. The Morgan fingerprint density at radius 3 is 2.47 bits per heavy atom. The van der Waals surface area contributed by atoms with Gasteiger partial charge in [-0.05, 0) is 56.3 Å². The average Bonchev–Trinajstić information content (AvgIpc) is 3.29. The topological polar surface area (TPSA) is 68.3 Å². The van der Waals surface area contributed by atoms with Crippen molar-refractivity contribution in [1.29, 1.82) is 0 Å². The molecule has 0 aliphatic carbocycles. The normalized spacial score (nSPS) is 14.3. The Kier molecular flexibility index (Phi) is 5.71. The fourth-order valence-corrected chi connectivity index (χ4v) is 4.81. The number of halogens is 1. The minimum Gasteiger partial charge on any atom is -0.487 e. The van der Waals surface area contributed by atoms with Gasteiger partial charge in [0.25, 0.3) is 5.91 Å². The number of anilines is 1. The first-order valence-electron chi connectivity index (χ1n) is 10.8. The molecule has 1 aromatic heterocycles. The Bertz CT molecular complexity index is 1390. The van der Waals surface area contributed by atoms with Crippen molar-refractivity contribution in [2.75, 3.05) is 5.32 Å². The fraction of sp³-hybridized carbons (Fsp3) is 0.148. The standard InChI is InChI=1S/C27H21ClN2O3S/c1-27(2)14-23(31)21-13-18(7-12-24(21)33-27)25(32)29-20-10-5-16(6-11-20)22-15-34-26(30-22)17-3-8-19(28)9-4-17/h3-13,15H,14H2,1-2H3,(H,29,32). The summed E-state index contributed by atoms with van der Waals surface area (Å²) >= 11 is 7.54. The number of Topliss-reactive ketones (excluding diaryl/α,β-unsaturated/α-hetero) is 1. The van der Waals surface area contributed by atoms with Gasteiger partial charge in [0.05, 0.1) is 17.7 Å². The highest BCUT2D eigenvalue weighted by molar-refractivity contribution is 7.13. The van der Waals surface area contributed by atoms with Crippen molar-refractivity contribution >= 4 is 40.3 Å². The van der Waals surface area contributed by atoms with Crippen molar-refractivity contribution in [2.24, 2.45) is 0 Å². The number of hydrogen-bond donors (Lipinski definition) is 1. The van der Waals surface area contributed by atoms with Crippen LogP contribution in [-0.2, 0) is 0 Å². The third-order valence-electron chi connectivity index (χ3n) is 5.55. The molecule has 0 radical (unpaired) electrons. The zero-order valence-corrected chi connectivity index (χ0v) is 20.2. The van der Waals surface area contributed by atoms with Crippen LogP contribution in [0.1, 0.15) is 41.0 Å². The minimum atomic E-state index is -0.539. The number of benzene rings is 3. The van der Waals surface area contributed by atoms with Crippen molar-refractivity contribution in [1.82, 2.24) is 4.98 Å². The van der Waals surface area contributed by atoms with E-state index in [1.807, 2.05) is 67.8 Å². The number of carbonyl (C=O) groups is 2. The third kappa shape index (κ3) is 4.60. The Hall–Kier alpha value is -3.48. The molecule has 3 aromatic carbocycles. The van der Waals surface area contributed by atoms with Crippen LogP contribution in [0.5, 0.6) is 5.75 Å². The molecule has 5 rings (SSSR count). The predicted octanol–water partition coefficient (Wildman–Crippen LogP) is 7.13. The van der Waals surface area contributed by atoms with E-state index in [9.17, 15) is 9.59 Å². The maximum Gasteiger partial charge on any atom is 0.255 e. The summed E-state index contributed by atoms with van der Waals surface area (Å²) in [6.45, 7) is 3.75. The molecule has 0 unspecified atom stereocenters. The number of nitrogens with zero attached hydrogens (tertiary/aromatic N) is 1. The lowest BCUT2D eigenvalue weighted by Crippen LogP contribution is -2.36. The van der Waals surface area contributed by atoms with E-state index in [1.165, 1.54) is 0 Å². The van der Waals surface area contributed by atoms with Gasteiger partial charge in [0.2, 0.25) is 0 Å². The van der Waals surface area contributed by atoms with Crippen LogP contribution >= 0.6 is 22.9 Å². The van der Waals surface area contributed by atoms with Gasteiger partial charge in [0.1, 0.15) is 16.4 Å². The second kappa shape index (κ2) is 8.70. The van der Waals surface area contributed by atoms with Gasteiger partial charge >= 0.3 is 0 Å². The summed E-state index contributed by atoms with van der Waals surface area (Å²) in [5.41, 5.74) is 3.81. The summed E-state index contributed by atoms with van der Waals surface area (Å²) in [4.78, 5) is 30.0. The van der Waals surface area contributed by atoms with E-state index in [-0.39, 0.29) is 18.1 Å². The summed E-state index contributed by atoms with van der Waals surface area (Å²) in [6, 6.07) is 20.1. The van der Waals surface area contributed by atoms with E-state index < -0.39 is 5.60 Å². The van der Waals surface area contributed by atoms with Crippen LogP contribution in [0.2, 0.25) is 5.02 Å². The van der Waals surface area contributed by atoms with E-state index in [2.05, 4.69) is 5.32 Å². The number of carbonyl (C=O) groups excluding carboxylic acids is 2. The van der Waals surface area contributed by atoms with Gasteiger partial charge in [-0.1, -0.05) is 35.9 Å². The molecule has 0 saturated heterocycles. The Morgan fingerprint density at radius 2 is 1.74 bits per heavy atom. The van der Waals surface area contributed by atoms with Crippen LogP contribution in [0.15, 0.2) is 72.1 Å². The molecule has 0 spiro atoms. The molecule has 0 bridgehead atoms. The molecule has 4 aromatic rings. The molecular formula is C27H21ClN2O3S. The van der Waals surface area contributed by atoms with Crippen LogP contribution in [0.3, 0.4) is 0 Å². The smallest absolute Gasteiger partial charge is 0.255 e. The third-order valence-corrected chi connectivity index (χ3v) is 6.69. The van der Waals surface area contributed by atoms with Crippen LogP contribution in [0.4, 0.5) is 5.69 Å². The van der Waals surface area contributed by atoms with Gasteiger partial charge in [-0.2, -0.15) is 0 Å². The summed E-state index contributed by atoms with van der Waals surface area (Å²) < 4.78 is 5.87. The highest BCUT2D eigenvalue weighted by atomic mass is 35.5. The zero-order valence-electron chi connectivity index (χ0n) is 18.6. The number of ketones is 1. The average molecular weight is 489 g/mol. The van der Waals surface area contributed by atoms with Gasteiger partial charge in [-0.15, -0.1) is 11.3 Å². The lowest BCUT2D eigenvalue weighted by Gasteiger charge is -2.31. The molecule has 1 aliphatic heterocycles. The molecule has 1 amide bonds. The van der Waals surface area contributed by atoms with Gasteiger partial charge < -0.3 is 10.1 Å². The van der Waals surface area contributed by atoms with Gasteiger partial charge in [0.15, 0.2) is 5.78 Å². The zero-order chi connectivity index (χ0) is 23.9. The second-order valence-electron chi connectivity index (χ2n) is 8.75. The summed E-state index contributed by atoms with van der Waals surface area (Å²) in [7, 11) is 0. The summed E-state index contributed by atoms with van der Waals surface area (Å²) in [5.74, 6) is 0.210. The van der Waals surface area contributed by atoms with Crippen molar-refractivity contribution in [2.45, 2.75) is 25.9 Å². The Morgan fingerprint density at radius 1 is 1.03 bits per heavy atom. The summed E-state index contributed by atoms with van der Waals surface area (Å²) in [6.07, 6.45) is 0.281. The highest BCUT2D eigenvalue weighted by Gasteiger charge is 2.32. The van der Waals surface area contributed by atoms with Crippen LogP contribution in [0.25, 0.3) is 21.8 Å². The summed E-state index contributed by atoms with van der Waals surface area (Å²) in [5, 5.41) is 6.50. The molecule has 1 aliphatic rings. The molecule has 34 heavy (non-hydrogen) atoms. The minimum absolute atomic E-state index is 0.0218. The lowest BCUT2D eigenvalue weighted by atomic mass is 9.92. The first kappa shape index (κ1) is 22.3. The van der Waals surface area contributed by atoms with Gasteiger partial charge in [-0.3, -0.25) is 9.59 Å². The lowest BCUT2D eigenvalue weighted by molar-refractivity contribution is 0.0620. The number of thiazole rings is 1. The van der Waals surface area contributed by atoms with Gasteiger partial charge in [0, 0.05) is 32.8 Å². The molecule has 1 N–H and O–H groups in total. The van der Waals surface area contributed by atoms with Crippen molar-refractivity contribution in [3.8, 4) is 27.6 Å². The Balaban J connectivity index is 1.30. The van der Waals surface area contributed by atoms with E-state index in [4.69, 9.17) is 21.3 Å². The molecule has 0 atom stereocenters. The van der Waals surface area contributed by atoms with E-state index in [1.54, 1.807) is 29.5 Å². The first-order chi connectivity index (χ1) is 16.3. The Labute approximate surface area is 206 Å². The van der Waals surface area contributed by atoms with Crippen molar-refractivity contribution < 1.29 is 14.3 Å². The number of hydrogen-bond acceptors (Lipinski definition) is 5. The van der Waals surface area contributed by atoms with E-state index in [0.29, 0.717) is 27.6 Å². The van der Waals surface area contributed by atoms with Crippen LogP contribution in [-0.4, -0.2) is 22.3 Å². The molecule has 5 nitrogen and oxygen atoms in total. The highest BCUT2D eigenvalue weighted by Crippen LogP contribution is 2.34. The maximum absolute atomic E-state index is 12.8. The largest absolute Gasteiger partial charge is 0.487 e. The molecule has 170 valence electrons. The van der Waals surface area contributed by atoms with Gasteiger partial charge in [-0.25, -0.2) is 4.98 Å². The van der Waals surface area contributed by atoms with E-state index >= 15 is 0 Å². The number of ether oxygens (including phenoxy) is 1. The molecule has 7 heteroatoms. The molecular weight excluding hydrogens is 468 g/mol. The quantitative estimate of drug-likeness (QED) is 0.332. The number of rotatable bonds is 4. The van der Waals surface area contributed by atoms with E-state index in [0.717, 1.165) is 21.8 Å². The monoisotopic (exact) mass is 488 g/mol.